The topological polar surface area (TPSA) is 43.6 Å². The molecule has 2 aromatic rings. The first kappa shape index (κ1) is 11.4. The van der Waals surface area contributed by atoms with Gasteiger partial charge in [-0.2, -0.15) is 0 Å². The molecule has 2 heterocycles. The van der Waals surface area contributed by atoms with Gasteiger partial charge in [-0.25, -0.2) is 0 Å². The van der Waals surface area contributed by atoms with Gasteiger partial charge in [-0.3, -0.25) is 4.98 Å². The molecule has 1 atom stereocenters. The zero-order valence-electron chi connectivity index (χ0n) is 10.9. The van der Waals surface area contributed by atoms with Crippen LogP contribution in [-0.4, -0.2) is 19.7 Å². The molecule has 1 fully saturated rings. The first-order valence-corrected chi connectivity index (χ1v) is 6.52. The quantitative estimate of drug-likeness (QED) is 0.830. The van der Waals surface area contributed by atoms with Gasteiger partial charge in [-0.15, -0.1) is 10.2 Å². The van der Waals surface area contributed by atoms with E-state index in [0.717, 1.165) is 11.5 Å². The van der Waals surface area contributed by atoms with E-state index in [4.69, 9.17) is 0 Å². The van der Waals surface area contributed by atoms with E-state index in [1.807, 2.05) is 24.7 Å². The minimum atomic E-state index is 0.368. The third-order valence-electron chi connectivity index (χ3n) is 3.93. The molecule has 0 saturated heterocycles. The highest BCUT2D eigenvalue weighted by molar-refractivity contribution is 5.27. The Hall–Kier alpha value is -1.71. The summed E-state index contributed by atoms with van der Waals surface area (Å²) in [6.07, 6.45) is 7.60. The zero-order valence-corrected chi connectivity index (χ0v) is 10.9. The molecule has 3 rings (SSSR count). The van der Waals surface area contributed by atoms with Gasteiger partial charge in [0.2, 0.25) is 0 Å². The van der Waals surface area contributed by atoms with E-state index in [1.165, 1.54) is 24.8 Å². The first-order valence-electron chi connectivity index (χ1n) is 6.52. The molecule has 0 amide bonds. The second-order valence-electron chi connectivity index (χ2n) is 5.20. The van der Waals surface area contributed by atoms with Crippen LogP contribution >= 0.6 is 0 Å². The number of aromatic nitrogens is 4. The molecule has 0 aliphatic heterocycles. The van der Waals surface area contributed by atoms with Gasteiger partial charge in [-0.05, 0) is 43.4 Å². The molecule has 0 radical (unpaired) electrons. The summed E-state index contributed by atoms with van der Waals surface area (Å²) < 4.78 is 2.04. The lowest BCUT2D eigenvalue weighted by atomic mass is 9.72. The van der Waals surface area contributed by atoms with Gasteiger partial charge in [-0.1, -0.05) is 6.42 Å². The maximum absolute atomic E-state index is 4.32. The van der Waals surface area contributed by atoms with Gasteiger partial charge in [0.05, 0.1) is 0 Å². The van der Waals surface area contributed by atoms with Gasteiger partial charge in [0.1, 0.15) is 12.2 Å². The highest BCUT2D eigenvalue weighted by Gasteiger charge is 2.32. The van der Waals surface area contributed by atoms with Crippen molar-refractivity contribution >= 4 is 0 Å². The number of hydrogen-bond donors (Lipinski definition) is 0. The smallest absolute Gasteiger partial charge is 0.140 e. The van der Waals surface area contributed by atoms with Gasteiger partial charge in [0.15, 0.2) is 0 Å². The number of rotatable bonds is 3. The van der Waals surface area contributed by atoms with Crippen LogP contribution in [0.1, 0.15) is 42.3 Å². The van der Waals surface area contributed by atoms with Crippen LogP contribution in [0.3, 0.4) is 0 Å². The largest absolute Gasteiger partial charge is 0.320 e. The van der Waals surface area contributed by atoms with Crippen molar-refractivity contribution in [3.8, 4) is 0 Å². The lowest BCUT2D eigenvalue weighted by molar-refractivity contribution is 0.274. The average molecular weight is 242 g/mol. The van der Waals surface area contributed by atoms with E-state index in [-0.39, 0.29) is 0 Å². The second kappa shape index (κ2) is 4.52. The second-order valence-corrected chi connectivity index (χ2v) is 5.20. The minimum absolute atomic E-state index is 0.368. The number of aryl methyl sites for hydroxylation is 2. The van der Waals surface area contributed by atoms with Crippen LogP contribution in [-0.2, 0) is 7.05 Å². The van der Waals surface area contributed by atoms with Crippen molar-refractivity contribution < 1.29 is 0 Å². The minimum Gasteiger partial charge on any atom is -0.320 e. The SMILES string of the molecule is Cc1cc(C(c2nncn2C)C2CCC2)ccn1. The van der Waals surface area contributed by atoms with Crippen molar-refractivity contribution in [3.63, 3.8) is 0 Å². The van der Waals surface area contributed by atoms with Crippen molar-refractivity contribution in [2.45, 2.75) is 32.1 Å². The summed E-state index contributed by atoms with van der Waals surface area (Å²) in [7, 11) is 2.02. The van der Waals surface area contributed by atoms with Crippen LogP contribution in [0.15, 0.2) is 24.7 Å². The van der Waals surface area contributed by atoms with Crippen LogP contribution in [0.2, 0.25) is 0 Å². The van der Waals surface area contributed by atoms with Crippen molar-refractivity contribution in [2.75, 3.05) is 0 Å². The van der Waals surface area contributed by atoms with E-state index < -0.39 is 0 Å². The summed E-state index contributed by atoms with van der Waals surface area (Å²) >= 11 is 0. The summed E-state index contributed by atoms with van der Waals surface area (Å²) in [5.41, 5.74) is 2.39. The molecule has 4 heteroatoms. The molecule has 1 saturated carbocycles. The fourth-order valence-corrected chi connectivity index (χ4v) is 2.74. The van der Waals surface area contributed by atoms with Crippen molar-refractivity contribution in [3.05, 3.63) is 41.7 Å². The normalized spacial score (nSPS) is 17.4. The molecule has 0 aromatic carbocycles. The molecule has 0 N–H and O–H groups in total. The maximum atomic E-state index is 4.32. The highest BCUT2D eigenvalue weighted by Crippen LogP contribution is 2.42. The number of nitrogens with zero attached hydrogens (tertiary/aromatic N) is 4. The van der Waals surface area contributed by atoms with Gasteiger partial charge in [0, 0.05) is 24.9 Å². The summed E-state index contributed by atoms with van der Waals surface area (Å²) in [5, 5.41) is 8.35. The fraction of sp³-hybridized carbons (Fsp3) is 0.500. The Morgan fingerprint density at radius 2 is 2.22 bits per heavy atom. The summed E-state index contributed by atoms with van der Waals surface area (Å²) in [6, 6.07) is 4.29. The third-order valence-corrected chi connectivity index (χ3v) is 3.93. The number of hydrogen-bond acceptors (Lipinski definition) is 3. The Bertz CT molecular complexity index is 542. The predicted octanol–water partition coefficient (Wildman–Crippen LogP) is 2.45. The van der Waals surface area contributed by atoms with Gasteiger partial charge in [0.25, 0.3) is 0 Å². The Balaban J connectivity index is 2.03. The first-order chi connectivity index (χ1) is 8.75. The van der Waals surface area contributed by atoms with Gasteiger partial charge >= 0.3 is 0 Å². The van der Waals surface area contributed by atoms with Crippen molar-refractivity contribution in [2.24, 2.45) is 13.0 Å². The highest BCUT2D eigenvalue weighted by atomic mass is 15.2. The zero-order chi connectivity index (χ0) is 12.5. The molecule has 18 heavy (non-hydrogen) atoms. The van der Waals surface area contributed by atoms with E-state index in [0.29, 0.717) is 11.8 Å². The Morgan fingerprint density at radius 1 is 1.39 bits per heavy atom. The Morgan fingerprint density at radius 3 is 2.78 bits per heavy atom. The molecule has 1 unspecified atom stereocenters. The Labute approximate surface area is 107 Å². The lowest BCUT2D eigenvalue weighted by Crippen LogP contribution is -2.24. The van der Waals surface area contributed by atoms with Crippen molar-refractivity contribution in [1.82, 2.24) is 19.7 Å². The molecule has 94 valence electrons. The summed E-state index contributed by atoms with van der Waals surface area (Å²) in [4.78, 5) is 4.29. The number of pyridine rings is 1. The lowest BCUT2D eigenvalue weighted by Gasteiger charge is -2.33. The summed E-state index contributed by atoms with van der Waals surface area (Å²) in [6.45, 7) is 2.04. The van der Waals surface area contributed by atoms with Gasteiger partial charge < -0.3 is 4.57 Å². The average Bonchev–Trinajstić information content (AvgIpc) is 2.69. The van der Waals surface area contributed by atoms with E-state index >= 15 is 0 Å². The predicted molar refractivity (Wildman–Crippen MR) is 69.2 cm³/mol. The van der Waals surface area contributed by atoms with E-state index in [2.05, 4.69) is 27.3 Å². The molecular weight excluding hydrogens is 224 g/mol. The van der Waals surface area contributed by atoms with E-state index in [1.54, 1.807) is 6.33 Å². The van der Waals surface area contributed by atoms with Crippen LogP contribution in [0.5, 0.6) is 0 Å². The molecular formula is C14H18N4. The van der Waals surface area contributed by atoms with Crippen LogP contribution < -0.4 is 0 Å². The summed E-state index contributed by atoms with van der Waals surface area (Å²) in [5.74, 6) is 2.15. The van der Waals surface area contributed by atoms with Crippen molar-refractivity contribution in [1.29, 1.82) is 0 Å². The van der Waals surface area contributed by atoms with E-state index in [9.17, 15) is 0 Å². The molecule has 0 spiro atoms. The molecule has 1 aliphatic rings. The van der Waals surface area contributed by atoms with Crippen LogP contribution in [0.25, 0.3) is 0 Å². The third kappa shape index (κ3) is 1.92. The maximum Gasteiger partial charge on any atom is 0.140 e. The molecule has 1 aliphatic carbocycles. The standard InChI is InChI=1S/C14H18N4/c1-10-8-12(6-7-15-10)13(11-4-3-5-11)14-17-16-9-18(14)2/h6-9,11,13H,3-5H2,1-2H3. The molecule has 2 aromatic heterocycles. The van der Waals surface area contributed by atoms with Crippen LogP contribution in [0, 0.1) is 12.8 Å². The molecule has 0 bridgehead atoms. The Kier molecular flexibility index (Phi) is 2.86. The fourth-order valence-electron chi connectivity index (χ4n) is 2.74. The molecule has 4 nitrogen and oxygen atoms in total. The van der Waals surface area contributed by atoms with Crippen LogP contribution in [0.4, 0.5) is 0 Å². The monoisotopic (exact) mass is 242 g/mol.